The number of thioether (sulfide) groups is 1. The van der Waals surface area contributed by atoms with Crippen molar-refractivity contribution in [2.45, 2.75) is 10.6 Å². The number of rotatable bonds is 4. The van der Waals surface area contributed by atoms with Crippen molar-refractivity contribution in [3.63, 3.8) is 0 Å². The second-order valence-electron chi connectivity index (χ2n) is 4.41. The minimum absolute atomic E-state index is 0.245. The lowest BCUT2D eigenvalue weighted by molar-refractivity contribution is 0.475. The van der Waals surface area contributed by atoms with Crippen LogP contribution in [0.2, 0.25) is 0 Å². The van der Waals surface area contributed by atoms with Crippen LogP contribution in [0.5, 0.6) is 5.75 Å². The van der Waals surface area contributed by atoms with Crippen molar-refractivity contribution in [3.8, 4) is 17.1 Å². The fraction of sp³-hybridized carbons (Fsp3) is 0.0625. The standard InChI is InChI=1S/C16H12FNO2S/c17-12-3-1-11(2-4-12)15-9-18-16(20-15)10-21-14-7-5-13(19)6-8-14/h1-9,19H,10H2. The molecule has 0 bridgehead atoms. The van der Waals surface area contributed by atoms with Crippen molar-refractivity contribution in [1.82, 2.24) is 4.98 Å². The summed E-state index contributed by atoms with van der Waals surface area (Å²) < 4.78 is 18.5. The normalized spacial score (nSPS) is 10.7. The highest BCUT2D eigenvalue weighted by Crippen LogP contribution is 2.26. The van der Waals surface area contributed by atoms with E-state index in [0.29, 0.717) is 17.4 Å². The van der Waals surface area contributed by atoms with E-state index < -0.39 is 0 Å². The summed E-state index contributed by atoms with van der Waals surface area (Å²) in [5, 5.41) is 9.22. The second kappa shape index (κ2) is 6.01. The van der Waals surface area contributed by atoms with Crippen LogP contribution in [0.4, 0.5) is 4.39 Å². The maximum atomic E-state index is 12.9. The highest BCUT2D eigenvalue weighted by molar-refractivity contribution is 7.98. The lowest BCUT2D eigenvalue weighted by atomic mass is 10.2. The van der Waals surface area contributed by atoms with Gasteiger partial charge in [0.2, 0.25) is 5.89 Å². The first kappa shape index (κ1) is 13.7. The zero-order valence-electron chi connectivity index (χ0n) is 11.0. The monoisotopic (exact) mass is 301 g/mol. The molecule has 1 N–H and O–H groups in total. The summed E-state index contributed by atoms with van der Waals surface area (Å²) in [5.41, 5.74) is 0.796. The average Bonchev–Trinajstić information content (AvgIpc) is 2.96. The number of aromatic hydroxyl groups is 1. The van der Waals surface area contributed by atoms with E-state index in [4.69, 9.17) is 4.42 Å². The van der Waals surface area contributed by atoms with E-state index in [0.717, 1.165) is 10.5 Å². The highest BCUT2D eigenvalue weighted by atomic mass is 32.2. The first-order valence-corrected chi connectivity index (χ1v) is 7.32. The number of nitrogens with zero attached hydrogens (tertiary/aromatic N) is 1. The van der Waals surface area contributed by atoms with Crippen molar-refractivity contribution >= 4 is 11.8 Å². The Morgan fingerprint density at radius 3 is 2.48 bits per heavy atom. The Labute approximate surface area is 125 Å². The number of hydrogen-bond acceptors (Lipinski definition) is 4. The molecule has 0 saturated heterocycles. The molecule has 21 heavy (non-hydrogen) atoms. The van der Waals surface area contributed by atoms with E-state index >= 15 is 0 Å². The van der Waals surface area contributed by atoms with Gasteiger partial charge < -0.3 is 9.52 Å². The third-order valence-corrected chi connectivity index (χ3v) is 3.88. The number of halogens is 1. The number of benzene rings is 2. The Kier molecular flexibility index (Phi) is 3.92. The molecule has 0 radical (unpaired) electrons. The van der Waals surface area contributed by atoms with Gasteiger partial charge in [-0.2, -0.15) is 0 Å². The SMILES string of the molecule is Oc1ccc(SCc2ncc(-c3ccc(F)cc3)o2)cc1. The topological polar surface area (TPSA) is 46.3 Å². The lowest BCUT2D eigenvalue weighted by Gasteiger charge is -1.99. The molecule has 106 valence electrons. The Hall–Kier alpha value is -2.27. The Morgan fingerprint density at radius 1 is 1.05 bits per heavy atom. The Bertz CT molecular complexity index is 723. The van der Waals surface area contributed by atoms with Crippen LogP contribution in [-0.2, 0) is 5.75 Å². The van der Waals surface area contributed by atoms with E-state index in [2.05, 4.69) is 4.98 Å². The fourth-order valence-electron chi connectivity index (χ4n) is 1.81. The molecule has 2 aromatic carbocycles. The fourth-order valence-corrected chi connectivity index (χ4v) is 2.56. The summed E-state index contributed by atoms with van der Waals surface area (Å²) in [6, 6.07) is 13.1. The van der Waals surface area contributed by atoms with Crippen LogP contribution in [0.1, 0.15) is 5.89 Å². The van der Waals surface area contributed by atoms with Crippen LogP contribution in [0.15, 0.2) is 64.0 Å². The van der Waals surface area contributed by atoms with Gasteiger partial charge >= 0.3 is 0 Å². The maximum absolute atomic E-state index is 12.9. The molecule has 3 aromatic rings. The lowest BCUT2D eigenvalue weighted by Crippen LogP contribution is -1.79. The molecule has 0 spiro atoms. The average molecular weight is 301 g/mol. The van der Waals surface area contributed by atoms with Gasteiger partial charge in [-0.15, -0.1) is 11.8 Å². The molecule has 0 amide bonds. The second-order valence-corrected chi connectivity index (χ2v) is 5.46. The van der Waals surface area contributed by atoms with Gasteiger partial charge in [-0.1, -0.05) is 0 Å². The molecule has 1 aromatic heterocycles. The van der Waals surface area contributed by atoms with E-state index in [1.54, 1.807) is 42.2 Å². The van der Waals surface area contributed by atoms with E-state index in [9.17, 15) is 9.50 Å². The number of phenols is 1. The number of hydrogen-bond donors (Lipinski definition) is 1. The predicted octanol–water partition coefficient (Wildman–Crippen LogP) is 4.48. The minimum atomic E-state index is -0.277. The van der Waals surface area contributed by atoms with Crippen molar-refractivity contribution < 1.29 is 13.9 Å². The van der Waals surface area contributed by atoms with Gasteiger partial charge in [-0.05, 0) is 48.5 Å². The van der Waals surface area contributed by atoms with Gasteiger partial charge in [0.25, 0.3) is 0 Å². The van der Waals surface area contributed by atoms with Crippen LogP contribution >= 0.6 is 11.8 Å². The Balaban J connectivity index is 1.67. The van der Waals surface area contributed by atoms with Crippen molar-refractivity contribution in [2.75, 3.05) is 0 Å². The van der Waals surface area contributed by atoms with Gasteiger partial charge in [0, 0.05) is 10.5 Å². The van der Waals surface area contributed by atoms with Gasteiger partial charge in [0.05, 0.1) is 11.9 Å². The summed E-state index contributed by atoms with van der Waals surface area (Å²) in [6.07, 6.45) is 1.64. The third kappa shape index (κ3) is 3.44. The first-order chi connectivity index (χ1) is 10.2. The predicted molar refractivity (Wildman–Crippen MR) is 79.6 cm³/mol. The van der Waals surface area contributed by atoms with Crippen LogP contribution in [0, 0.1) is 5.82 Å². The molecule has 0 fully saturated rings. The third-order valence-electron chi connectivity index (χ3n) is 2.88. The molecule has 5 heteroatoms. The summed E-state index contributed by atoms with van der Waals surface area (Å²) >= 11 is 1.57. The Morgan fingerprint density at radius 2 is 1.76 bits per heavy atom. The molecule has 0 aliphatic carbocycles. The van der Waals surface area contributed by atoms with Crippen LogP contribution < -0.4 is 0 Å². The van der Waals surface area contributed by atoms with E-state index in [1.165, 1.54) is 12.1 Å². The van der Waals surface area contributed by atoms with Crippen LogP contribution in [0.3, 0.4) is 0 Å². The van der Waals surface area contributed by atoms with Gasteiger partial charge in [0.15, 0.2) is 5.76 Å². The zero-order chi connectivity index (χ0) is 14.7. The van der Waals surface area contributed by atoms with E-state index in [1.807, 2.05) is 12.1 Å². The van der Waals surface area contributed by atoms with Crippen molar-refractivity contribution in [3.05, 3.63) is 66.4 Å². The molecule has 0 unspecified atom stereocenters. The highest BCUT2D eigenvalue weighted by Gasteiger charge is 2.07. The van der Waals surface area contributed by atoms with E-state index in [-0.39, 0.29) is 11.6 Å². The summed E-state index contributed by atoms with van der Waals surface area (Å²) in [6.45, 7) is 0. The van der Waals surface area contributed by atoms with Gasteiger partial charge in [-0.3, -0.25) is 0 Å². The summed E-state index contributed by atoms with van der Waals surface area (Å²) in [7, 11) is 0. The van der Waals surface area contributed by atoms with Gasteiger partial charge in [0.1, 0.15) is 11.6 Å². The molecule has 1 heterocycles. The molecule has 0 saturated carbocycles. The summed E-state index contributed by atoms with van der Waals surface area (Å²) in [4.78, 5) is 5.24. The van der Waals surface area contributed by atoms with Crippen LogP contribution in [-0.4, -0.2) is 10.1 Å². The minimum Gasteiger partial charge on any atom is -0.508 e. The van der Waals surface area contributed by atoms with Gasteiger partial charge in [-0.25, -0.2) is 9.37 Å². The number of aromatic nitrogens is 1. The zero-order valence-corrected chi connectivity index (χ0v) is 11.8. The van der Waals surface area contributed by atoms with Crippen LogP contribution in [0.25, 0.3) is 11.3 Å². The maximum Gasteiger partial charge on any atom is 0.205 e. The molecule has 3 nitrogen and oxygen atoms in total. The molecular weight excluding hydrogens is 289 g/mol. The number of oxazole rings is 1. The molecule has 0 aliphatic heterocycles. The molecule has 3 rings (SSSR count). The quantitative estimate of drug-likeness (QED) is 0.722. The molecule has 0 aliphatic rings. The van der Waals surface area contributed by atoms with Crippen molar-refractivity contribution in [2.24, 2.45) is 0 Å². The smallest absolute Gasteiger partial charge is 0.205 e. The number of phenolic OH excluding ortho intramolecular Hbond substituents is 1. The molecular formula is C16H12FNO2S. The molecule has 0 atom stereocenters. The first-order valence-electron chi connectivity index (χ1n) is 6.33. The largest absolute Gasteiger partial charge is 0.508 e. The summed E-state index contributed by atoms with van der Waals surface area (Å²) in [5.74, 6) is 1.78. The van der Waals surface area contributed by atoms with Crippen molar-refractivity contribution in [1.29, 1.82) is 0 Å².